The van der Waals surface area contributed by atoms with Gasteiger partial charge in [-0.15, -0.1) is 0 Å². The summed E-state index contributed by atoms with van der Waals surface area (Å²) in [5.74, 6) is 0.507. The van der Waals surface area contributed by atoms with E-state index in [2.05, 4.69) is 44.8 Å². The summed E-state index contributed by atoms with van der Waals surface area (Å²) >= 11 is 0. The highest BCUT2D eigenvalue weighted by Gasteiger charge is 2.36. The van der Waals surface area contributed by atoms with Crippen molar-refractivity contribution in [2.45, 2.75) is 112 Å². The summed E-state index contributed by atoms with van der Waals surface area (Å²) in [5.41, 5.74) is 0.683. The number of nitrogens with zero attached hydrogens (tertiary/aromatic N) is 3. The molecule has 2 heterocycles. The van der Waals surface area contributed by atoms with E-state index >= 15 is 0 Å². The molecule has 206 valence electrons. The van der Waals surface area contributed by atoms with Gasteiger partial charge in [-0.2, -0.15) is 0 Å². The van der Waals surface area contributed by atoms with Crippen LogP contribution in [0, 0.1) is 17.8 Å². The molecule has 2 saturated heterocycles. The molecule has 0 radical (unpaired) electrons. The van der Waals surface area contributed by atoms with E-state index in [0.29, 0.717) is 11.5 Å². The molecule has 0 spiro atoms. The van der Waals surface area contributed by atoms with E-state index < -0.39 is 6.04 Å². The molecule has 7 nitrogen and oxygen atoms in total. The molecule has 2 aliphatic rings. The summed E-state index contributed by atoms with van der Waals surface area (Å²) in [4.78, 5) is 46.1. The highest BCUT2D eigenvalue weighted by molar-refractivity contribution is 5.93. The molecule has 2 rings (SSSR count). The van der Waals surface area contributed by atoms with Crippen LogP contribution in [0.4, 0.5) is 0 Å². The Balaban J connectivity index is 2.18. The number of carbonyl (C=O) groups excluding carboxylic acids is 3. The summed E-state index contributed by atoms with van der Waals surface area (Å²) in [6, 6.07) is -0.739. The van der Waals surface area contributed by atoms with Crippen LogP contribution in [0.25, 0.3) is 0 Å². The number of nitrogens with one attached hydrogen (secondary N) is 1. The standard InChI is InChI=1S/C29H52N4O3/c1-19(2)25(17-23(8)28(35)32-15-12-13-22(7)18-32)31(9)29(36)26(20(3)4)30-27(34)24-14-10-11-16-33(24)21(5)6/h17,19-22,24-26H,10-16,18H2,1-9H3,(H,30,34)/b23-17+/t22?,24?,25-,26?/m1/s1. The van der Waals surface area contributed by atoms with Crippen molar-refractivity contribution in [1.82, 2.24) is 20.0 Å². The van der Waals surface area contributed by atoms with Gasteiger partial charge in [-0.05, 0) is 70.8 Å². The molecule has 0 aromatic heterocycles. The maximum absolute atomic E-state index is 13.7. The average Bonchev–Trinajstić information content (AvgIpc) is 2.83. The maximum atomic E-state index is 13.7. The van der Waals surface area contributed by atoms with E-state index in [0.717, 1.165) is 51.7 Å². The van der Waals surface area contributed by atoms with Gasteiger partial charge < -0.3 is 15.1 Å². The Morgan fingerprint density at radius 1 is 0.944 bits per heavy atom. The molecule has 7 heteroatoms. The van der Waals surface area contributed by atoms with Gasteiger partial charge in [0, 0.05) is 31.8 Å². The molecule has 0 bridgehead atoms. The molecule has 3 unspecified atom stereocenters. The van der Waals surface area contributed by atoms with E-state index in [1.54, 1.807) is 11.9 Å². The molecule has 0 saturated carbocycles. The third-order valence-electron chi connectivity index (χ3n) is 7.92. The van der Waals surface area contributed by atoms with Gasteiger partial charge in [-0.1, -0.05) is 47.1 Å². The Kier molecular flexibility index (Phi) is 11.5. The summed E-state index contributed by atoms with van der Waals surface area (Å²) in [6.45, 7) is 18.9. The van der Waals surface area contributed by atoms with Crippen LogP contribution in [-0.2, 0) is 14.4 Å². The van der Waals surface area contributed by atoms with Crippen molar-refractivity contribution >= 4 is 17.7 Å². The third-order valence-corrected chi connectivity index (χ3v) is 7.92. The van der Waals surface area contributed by atoms with Gasteiger partial charge >= 0.3 is 0 Å². The number of carbonyl (C=O) groups is 3. The van der Waals surface area contributed by atoms with Crippen LogP contribution in [-0.4, -0.2) is 83.3 Å². The first-order valence-electron chi connectivity index (χ1n) is 14.2. The van der Waals surface area contributed by atoms with Crippen LogP contribution < -0.4 is 5.32 Å². The quantitative estimate of drug-likeness (QED) is 0.480. The number of piperidine rings is 2. The van der Waals surface area contributed by atoms with E-state index in [9.17, 15) is 14.4 Å². The zero-order valence-electron chi connectivity index (χ0n) is 24.3. The van der Waals surface area contributed by atoms with Gasteiger partial charge in [-0.25, -0.2) is 0 Å². The largest absolute Gasteiger partial charge is 0.343 e. The molecular weight excluding hydrogens is 452 g/mol. The minimum Gasteiger partial charge on any atom is -0.343 e. The molecular formula is C29H52N4O3. The topological polar surface area (TPSA) is 73.0 Å². The minimum atomic E-state index is -0.605. The highest BCUT2D eigenvalue weighted by Crippen LogP contribution is 2.22. The molecule has 0 aliphatic carbocycles. The minimum absolute atomic E-state index is 0.0469. The first-order valence-corrected chi connectivity index (χ1v) is 14.2. The lowest BCUT2D eigenvalue weighted by Crippen LogP contribution is -2.58. The summed E-state index contributed by atoms with van der Waals surface area (Å²) < 4.78 is 0. The summed E-state index contributed by atoms with van der Waals surface area (Å²) in [6.07, 6.45) is 7.12. The Bertz CT molecular complexity index is 791. The number of likely N-dealkylation sites (tertiary alicyclic amines) is 2. The molecule has 3 amide bonds. The highest BCUT2D eigenvalue weighted by atomic mass is 16.2. The zero-order chi connectivity index (χ0) is 27.2. The van der Waals surface area contributed by atoms with Crippen molar-refractivity contribution in [3.8, 4) is 0 Å². The smallest absolute Gasteiger partial charge is 0.249 e. The second-order valence-electron chi connectivity index (χ2n) is 12.1. The van der Waals surface area contributed by atoms with Crippen LogP contribution in [0.3, 0.4) is 0 Å². The predicted octanol–water partition coefficient (Wildman–Crippen LogP) is 4.08. The SMILES string of the molecule is C/C(=C\[C@H](C(C)C)N(C)C(=O)C(NC(=O)C1CCCCN1C(C)C)C(C)C)C(=O)N1CCCC(C)C1. The van der Waals surface area contributed by atoms with Gasteiger partial charge in [0.1, 0.15) is 6.04 Å². The van der Waals surface area contributed by atoms with Crippen molar-refractivity contribution in [3.63, 3.8) is 0 Å². The van der Waals surface area contributed by atoms with E-state index in [1.807, 2.05) is 31.7 Å². The van der Waals surface area contributed by atoms with Crippen molar-refractivity contribution < 1.29 is 14.4 Å². The van der Waals surface area contributed by atoms with Gasteiger partial charge in [-0.3, -0.25) is 19.3 Å². The fourth-order valence-electron chi connectivity index (χ4n) is 5.69. The molecule has 2 fully saturated rings. The lowest BCUT2D eigenvalue weighted by atomic mass is 9.95. The first-order chi connectivity index (χ1) is 16.8. The maximum Gasteiger partial charge on any atom is 0.249 e. The van der Waals surface area contributed by atoms with Gasteiger partial charge in [0.25, 0.3) is 0 Å². The average molecular weight is 505 g/mol. The van der Waals surface area contributed by atoms with Crippen LogP contribution in [0.5, 0.6) is 0 Å². The predicted molar refractivity (Wildman–Crippen MR) is 146 cm³/mol. The fourth-order valence-corrected chi connectivity index (χ4v) is 5.69. The van der Waals surface area contributed by atoms with Crippen molar-refractivity contribution in [2.24, 2.45) is 17.8 Å². The number of rotatable bonds is 9. The van der Waals surface area contributed by atoms with Crippen LogP contribution in [0.1, 0.15) is 87.5 Å². The molecule has 4 atom stereocenters. The van der Waals surface area contributed by atoms with Crippen LogP contribution >= 0.6 is 0 Å². The van der Waals surface area contributed by atoms with Gasteiger partial charge in [0.2, 0.25) is 17.7 Å². The van der Waals surface area contributed by atoms with E-state index in [1.165, 1.54) is 0 Å². The van der Waals surface area contributed by atoms with E-state index in [-0.39, 0.29) is 47.7 Å². The Morgan fingerprint density at radius 2 is 1.61 bits per heavy atom. The fraction of sp³-hybridized carbons (Fsp3) is 0.828. The monoisotopic (exact) mass is 504 g/mol. The Morgan fingerprint density at radius 3 is 2.17 bits per heavy atom. The zero-order valence-corrected chi connectivity index (χ0v) is 24.3. The Labute approximate surface area is 220 Å². The molecule has 2 aliphatic heterocycles. The molecule has 0 aromatic rings. The second-order valence-corrected chi connectivity index (χ2v) is 12.1. The Hall–Kier alpha value is -1.89. The summed E-state index contributed by atoms with van der Waals surface area (Å²) in [7, 11) is 1.80. The van der Waals surface area contributed by atoms with Gasteiger partial charge in [0.15, 0.2) is 0 Å². The second kappa shape index (κ2) is 13.6. The lowest BCUT2D eigenvalue weighted by molar-refractivity contribution is -0.140. The van der Waals surface area contributed by atoms with Gasteiger partial charge in [0.05, 0.1) is 12.1 Å². The first kappa shape index (κ1) is 30.3. The molecule has 36 heavy (non-hydrogen) atoms. The number of likely N-dealkylation sites (N-methyl/N-ethyl adjacent to an activating group) is 1. The van der Waals surface area contributed by atoms with Crippen LogP contribution in [0.2, 0.25) is 0 Å². The van der Waals surface area contributed by atoms with Crippen LogP contribution in [0.15, 0.2) is 11.6 Å². The van der Waals surface area contributed by atoms with E-state index in [4.69, 9.17) is 0 Å². The molecule has 1 N–H and O–H groups in total. The number of amides is 3. The molecule has 0 aromatic carbocycles. The van der Waals surface area contributed by atoms with Crippen molar-refractivity contribution in [2.75, 3.05) is 26.7 Å². The number of hydrogen-bond acceptors (Lipinski definition) is 4. The number of hydrogen-bond donors (Lipinski definition) is 1. The third kappa shape index (κ3) is 7.80. The summed E-state index contributed by atoms with van der Waals surface area (Å²) in [5, 5.41) is 3.11. The van der Waals surface area contributed by atoms with Crippen molar-refractivity contribution in [1.29, 1.82) is 0 Å². The lowest BCUT2D eigenvalue weighted by Gasteiger charge is -2.39. The van der Waals surface area contributed by atoms with Crippen molar-refractivity contribution in [3.05, 3.63) is 11.6 Å². The normalized spacial score (nSPS) is 23.7.